The second kappa shape index (κ2) is 9.54. The van der Waals surface area contributed by atoms with Gasteiger partial charge in [-0.15, -0.1) is 0 Å². The molecule has 6 nitrogen and oxygen atoms in total. The van der Waals surface area contributed by atoms with Crippen molar-refractivity contribution in [1.82, 2.24) is 10.2 Å². The average Bonchev–Trinajstić information content (AvgIpc) is 3.09. The van der Waals surface area contributed by atoms with E-state index < -0.39 is 12.1 Å². The van der Waals surface area contributed by atoms with Crippen LogP contribution in [0.5, 0.6) is 0 Å². The number of nitrogens with one attached hydrogen (secondary N) is 1. The molecule has 1 saturated heterocycles. The van der Waals surface area contributed by atoms with E-state index in [-0.39, 0.29) is 25.0 Å². The van der Waals surface area contributed by atoms with E-state index in [1.807, 2.05) is 36.6 Å². The van der Waals surface area contributed by atoms with Gasteiger partial charge in [0.1, 0.15) is 12.6 Å². The molecule has 2 rings (SSSR count). The normalized spacial score (nSPS) is 18.2. The van der Waals surface area contributed by atoms with Crippen LogP contribution in [0.1, 0.15) is 12.0 Å². The van der Waals surface area contributed by atoms with E-state index in [1.165, 1.54) is 11.8 Å². The molecule has 0 aliphatic carbocycles. The van der Waals surface area contributed by atoms with Crippen LogP contribution in [0.15, 0.2) is 30.3 Å². The van der Waals surface area contributed by atoms with Gasteiger partial charge in [-0.3, -0.25) is 4.79 Å². The van der Waals surface area contributed by atoms with Gasteiger partial charge in [-0.05, 0) is 18.2 Å². The van der Waals surface area contributed by atoms with Gasteiger partial charge < -0.3 is 20.1 Å². The lowest BCUT2D eigenvalue weighted by molar-refractivity contribution is -0.131. The molecule has 1 aromatic rings. The fraction of sp³-hybridized carbons (Fsp3) is 0.529. The number of aliphatic hydroxyl groups is 1. The quantitative estimate of drug-likeness (QED) is 0.777. The van der Waals surface area contributed by atoms with Gasteiger partial charge in [-0.25, -0.2) is 4.79 Å². The molecule has 0 spiro atoms. The summed E-state index contributed by atoms with van der Waals surface area (Å²) >= 11 is 1.49. The molecule has 1 aromatic carbocycles. The number of thioether (sulfide) groups is 1. The van der Waals surface area contributed by atoms with Gasteiger partial charge in [0.25, 0.3) is 0 Å². The molecular weight excluding hydrogens is 328 g/mol. The highest BCUT2D eigenvalue weighted by atomic mass is 32.2. The van der Waals surface area contributed by atoms with Crippen molar-refractivity contribution in [3.05, 3.63) is 35.9 Å². The van der Waals surface area contributed by atoms with Gasteiger partial charge >= 0.3 is 6.09 Å². The molecule has 1 aliphatic heterocycles. The third kappa shape index (κ3) is 5.42. The minimum Gasteiger partial charge on any atom is -0.445 e. The van der Waals surface area contributed by atoms with Gasteiger partial charge in [0.2, 0.25) is 5.91 Å². The number of alkyl carbamates (subject to hydrolysis) is 1. The van der Waals surface area contributed by atoms with Gasteiger partial charge in [-0.1, -0.05) is 30.3 Å². The highest BCUT2D eigenvalue weighted by molar-refractivity contribution is 7.98. The molecule has 1 aliphatic rings. The summed E-state index contributed by atoms with van der Waals surface area (Å²) in [4.78, 5) is 26.3. The second-order valence-electron chi connectivity index (χ2n) is 5.84. The van der Waals surface area contributed by atoms with Crippen molar-refractivity contribution in [3.63, 3.8) is 0 Å². The predicted octanol–water partition coefficient (Wildman–Crippen LogP) is 1.49. The lowest BCUT2D eigenvalue weighted by atomic mass is 10.1. The molecule has 0 aromatic heterocycles. The van der Waals surface area contributed by atoms with Crippen LogP contribution in [0.25, 0.3) is 0 Å². The molecule has 0 radical (unpaired) electrons. The standard InChI is InChI=1S/C17H24N2O4S/c1-24-12-15(16(21)19-8-7-14(9-19)10-20)18-17(22)23-11-13-5-3-2-4-6-13/h2-6,14-15,20H,7-12H2,1H3,(H,18,22). The smallest absolute Gasteiger partial charge is 0.408 e. The van der Waals surface area contributed by atoms with E-state index in [1.54, 1.807) is 4.90 Å². The maximum atomic E-state index is 12.6. The monoisotopic (exact) mass is 352 g/mol. The number of carbonyl (C=O) groups is 2. The van der Waals surface area contributed by atoms with Crippen LogP contribution in [0.2, 0.25) is 0 Å². The van der Waals surface area contributed by atoms with E-state index in [4.69, 9.17) is 4.74 Å². The second-order valence-corrected chi connectivity index (χ2v) is 6.75. The van der Waals surface area contributed by atoms with Crippen LogP contribution in [0, 0.1) is 5.92 Å². The topological polar surface area (TPSA) is 78.9 Å². The Hall–Kier alpha value is -1.73. The Morgan fingerprint density at radius 2 is 2.17 bits per heavy atom. The zero-order chi connectivity index (χ0) is 17.4. The summed E-state index contributed by atoms with van der Waals surface area (Å²) in [5, 5.41) is 11.9. The van der Waals surface area contributed by atoms with Crippen LogP contribution < -0.4 is 5.32 Å². The first-order valence-corrected chi connectivity index (χ1v) is 9.39. The number of rotatable bonds is 7. The first-order chi connectivity index (χ1) is 11.6. The molecule has 1 fully saturated rings. The fourth-order valence-electron chi connectivity index (χ4n) is 2.65. The minimum atomic E-state index is -0.610. The third-order valence-corrected chi connectivity index (χ3v) is 4.66. The van der Waals surface area contributed by atoms with Gasteiger partial charge in [0.05, 0.1) is 0 Å². The van der Waals surface area contributed by atoms with Crippen molar-refractivity contribution >= 4 is 23.8 Å². The Labute approximate surface area is 146 Å². The van der Waals surface area contributed by atoms with Crippen LogP contribution in [0.3, 0.4) is 0 Å². The first-order valence-electron chi connectivity index (χ1n) is 7.99. The Balaban J connectivity index is 1.85. The molecular formula is C17H24N2O4S. The largest absolute Gasteiger partial charge is 0.445 e. The van der Waals surface area contributed by atoms with Crippen LogP contribution in [0.4, 0.5) is 4.79 Å². The molecule has 0 saturated carbocycles. The zero-order valence-electron chi connectivity index (χ0n) is 13.8. The molecule has 1 heterocycles. The molecule has 2 N–H and O–H groups in total. The SMILES string of the molecule is CSCC(NC(=O)OCc1ccccc1)C(=O)N1CCC(CO)C1. The van der Waals surface area contributed by atoms with E-state index in [0.717, 1.165) is 12.0 Å². The van der Waals surface area contributed by atoms with Crippen LogP contribution >= 0.6 is 11.8 Å². The maximum absolute atomic E-state index is 12.6. The summed E-state index contributed by atoms with van der Waals surface area (Å²) in [7, 11) is 0. The summed E-state index contributed by atoms with van der Waals surface area (Å²) in [6.45, 7) is 1.42. The molecule has 2 unspecified atom stereocenters. The molecule has 2 atom stereocenters. The lowest BCUT2D eigenvalue weighted by Gasteiger charge is -2.23. The van der Waals surface area contributed by atoms with Gasteiger partial charge in [-0.2, -0.15) is 11.8 Å². The van der Waals surface area contributed by atoms with Crippen molar-refractivity contribution in [2.45, 2.75) is 19.1 Å². The summed E-state index contributed by atoms with van der Waals surface area (Å²) < 4.78 is 5.19. The Kier molecular flexibility index (Phi) is 7.39. The number of aliphatic hydroxyl groups excluding tert-OH is 1. The number of hydrogen-bond acceptors (Lipinski definition) is 5. The number of carbonyl (C=O) groups excluding carboxylic acids is 2. The van der Waals surface area contributed by atoms with Crippen molar-refractivity contribution < 1.29 is 19.4 Å². The van der Waals surface area contributed by atoms with Crippen LogP contribution in [-0.2, 0) is 16.1 Å². The van der Waals surface area contributed by atoms with Crippen molar-refractivity contribution in [2.75, 3.05) is 31.7 Å². The molecule has 7 heteroatoms. The average molecular weight is 352 g/mol. The Bertz CT molecular complexity index is 541. The Morgan fingerprint density at radius 3 is 2.79 bits per heavy atom. The van der Waals surface area contributed by atoms with Crippen LogP contribution in [-0.4, -0.2) is 59.8 Å². The maximum Gasteiger partial charge on any atom is 0.408 e. The number of nitrogens with zero attached hydrogens (tertiary/aromatic N) is 1. The van der Waals surface area contributed by atoms with Crippen molar-refractivity contribution in [1.29, 1.82) is 0 Å². The van der Waals surface area contributed by atoms with Crippen molar-refractivity contribution in [3.8, 4) is 0 Å². The number of likely N-dealkylation sites (tertiary alicyclic amines) is 1. The highest BCUT2D eigenvalue weighted by Gasteiger charge is 2.31. The summed E-state index contributed by atoms with van der Waals surface area (Å²) in [5.41, 5.74) is 0.894. The summed E-state index contributed by atoms with van der Waals surface area (Å²) in [6, 6.07) is 8.78. The minimum absolute atomic E-state index is 0.0868. The number of amides is 2. The number of hydrogen-bond donors (Lipinski definition) is 2. The number of benzene rings is 1. The molecule has 24 heavy (non-hydrogen) atoms. The van der Waals surface area contributed by atoms with E-state index in [0.29, 0.717) is 18.8 Å². The third-order valence-electron chi connectivity index (χ3n) is 3.99. The summed E-state index contributed by atoms with van der Waals surface area (Å²) in [5.74, 6) is 0.505. The van der Waals surface area contributed by atoms with E-state index >= 15 is 0 Å². The predicted molar refractivity (Wildman–Crippen MR) is 93.7 cm³/mol. The zero-order valence-corrected chi connectivity index (χ0v) is 14.6. The van der Waals surface area contributed by atoms with Gasteiger partial charge in [0.15, 0.2) is 0 Å². The van der Waals surface area contributed by atoms with E-state index in [2.05, 4.69) is 5.32 Å². The molecule has 0 bridgehead atoms. The van der Waals surface area contributed by atoms with E-state index in [9.17, 15) is 14.7 Å². The first kappa shape index (κ1) is 18.6. The number of ether oxygens (including phenoxy) is 1. The fourth-order valence-corrected chi connectivity index (χ4v) is 3.21. The Morgan fingerprint density at radius 1 is 1.42 bits per heavy atom. The van der Waals surface area contributed by atoms with Gasteiger partial charge in [0, 0.05) is 31.4 Å². The molecule has 132 valence electrons. The van der Waals surface area contributed by atoms with Crippen molar-refractivity contribution in [2.24, 2.45) is 5.92 Å². The molecule has 2 amide bonds. The summed E-state index contributed by atoms with van der Waals surface area (Å²) in [6.07, 6.45) is 2.09. The lowest BCUT2D eigenvalue weighted by Crippen LogP contribution is -2.49. The highest BCUT2D eigenvalue weighted by Crippen LogP contribution is 2.17.